The maximum Gasteiger partial charge on any atom is 0.416 e. The van der Waals surface area contributed by atoms with Crippen LogP contribution in [0.2, 0.25) is 5.02 Å². The number of aliphatic hydroxyl groups is 1. The van der Waals surface area contributed by atoms with Crippen LogP contribution in [0.4, 0.5) is 13.2 Å². The van der Waals surface area contributed by atoms with Crippen molar-refractivity contribution in [1.29, 1.82) is 0 Å². The zero-order valence-corrected chi connectivity index (χ0v) is 11.6. The largest absolute Gasteiger partial charge is 0.416 e. The highest BCUT2D eigenvalue weighted by molar-refractivity contribution is 6.30. The van der Waals surface area contributed by atoms with Crippen molar-refractivity contribution in [2.45, 2.75) is 24.6 Å². The van der Waals surface area contributed by atoms with Gasteiger partial charge < -0.3 is 5.11 Å². The lowest BCUT2D eigenvalue weighted by molar-refractivity contribution is -0.137. The van der Waals surface area contributed by atoms with Crippen molar-refractivity contribution in [1.82, 2.24) is 0 Å². The Morgan fingerprint density at radius 3 is 2.29 bits per heavy atom. The molecule has 0 saturated heterocycles. The van der Waals surface area contributed by atoms with Crippen LogP contribution in [0.1, 0.15) is 40.7 Å². The van der Waals surface area contributed by atoms with Gasteiger partial charge in [0.2, 0.25) is 0 Å². The Labute approximate surface area is 125 Å². The van der Waals surface area contributed by atoms with Gasteiger partial charge in [-0.05, 0) is 47.4 Å². The number of benzene rings is 2. The Morgan fingerprint density at radius 2 is 1.67 bits per heavy atom. The highest BCUT2D eigenvalue weighted by atomic mass is 35.5. The SMILES string of the molecule is O[C@@H]1C[C@H](c2ccc(Cl)cc2)c2ccc(C(F)(F)F)cc21. The van der Waals surface area contributed by atoms with Gasteiger partial charge in [-0.1, -0.05) is 29.8 Å². The number of hydrogen-bond acceptors (Lipinski definition) is 1. The molecule has 5 heteroatoms. The zero-order valence-electron chi connectivity index (χ0n) is 10.9. The van der Waals surface area contributed by atoms with Crippen LogP contribution in [0.15, 0.2) is 42.5 Å². The van der Waals surface area contributed by atoms with E-state index in [2.05, 4.69) is 0 Å². The molecule has 0 amide bonds. The minimum atomic E-state index is -4.40. The summed E-state index contributed by atoms with van der Waals surface area (Å²) in [5.41, 5.74) is 1.33. The molecule has 0 aromatic heterocycles. The second-order valence-electron chi connectivity index (χ2n) is 5.20. The average Bonchev–Trinajstić information content (AvgIpc) is 2.76. The van der Waals surface area contributed by atoms with Crippen molar-refractivity contribution in [2.75, 3.05) is 0 Å². The molecule has 0 radical (unpaired) electrons. The van der Waals surface area contributed by atoms with Crippen molar-refractivity contribution in [3.63, 3.8) is 0 Å². The van der Waals surface area contributed by atoms with Crippen LogP contribution in [-0.4, -0.2) is 5.11 Å². The van der Waals surface area contributed by atoms with Crippen LogP contribution in [0, 0.1) is 0 Å². The van der Waals surface area contributed by atoms with Gasteiger partial charge in [-0.2, -0.15) is 13.2 Å². The Morgan fingerprint density at radius 1 is 1.00 bits per heavy atom. The molecule has 1 nitrogen and oxygen atoms in total. The first kappa shape index (κ1) is 14.4. The highest BCUT2D eigenvalue weighted by Crippen LogP contribution is 2.45. The fraction of sp³-hybridized carbons (Fsp3) is 0.250. The monoisotopic (exact) mass is 312 g/mol. The third-order valence-electron chi connectivity index (χ3n) is 3.88. The van der Waals surface area contributed by atoms with Gasteiger partial charge in [0.1, 0.15) is 0 Å². The van der Waals surface area contributed by atoms with Crippen LogP contribution < -0.4 is 0 Å². The second kappa shape index (κ2) is 5.04. The number of alkyl halides is 3. The molecular formula is C16H12ClF3O. The van der Waals surface area contributed by atoms with Gasteiger partial charge >= 0.3 is 6.18 Å². The van der Waals surface area contributed by atoms with Gasteiger partial charge in [0.05, 0.1) is 11.7 Å². The van der Waals surface area contributed by atoms with Crippen LogP contribution >= 0.6 is 11.6 Å². The van der Waals surface area contributed by atoms with Crippen molar-refractivity contribution in [3.8, 4) is 0 Å². The summed E-state index contributed by atoms with van der Waals surface area (Å²) in [6.07, 6.45) is -4.88. The molecular weight excluding hydrogens is 301 g/mol. The van der Waals surface area contributed by atoms with Crippen molar-refractivity contribution in [3.05, 3.63) is 69.7 Å². The lowest BCUT2D eigenvalue weighted by Crippen LogP contribution is -2.06. The quantitative estimate of drug-likeness (QED) is 0.791. The van der Waals surface area contributed by atoms with Crippen LogP contribution in [0.25, 0.3) is 0 Å². The van der Waals surface area contributed by atoms with Gasteiger partial charge in [-0.25, -0.2) is 0 Å². The molecule has 1 aliphatic carbocycles. The van der Waals surface area contributed by atoms with Gasteiger partial charge in [0.15, 0.2) is 0 Å². The number of fused-ring (bicyclic) bond motifs is 1. The van der Waals surface area contributed by atoms with Crippen molar-refractivity contribution >= 4 is 11.6 Å². The smallest absolute Gasteiger partial charge is 0.388 e. The molecule has 1 aliphatic rings. The molecule has 1 N–H and O–H groups in total. The summed E-state index contributed by atoms with van der Waals surface area (Å²) in [4.78, 5) is 0. The molecule has 2 atom stereocenters. The molecule has 3 rings (SSSR count). The topological polar surface area (TPSA) is 20.2 Å². The van der Waals surface area contributed by atoms with Gasteiger partial charge in [-0.3, -0.25) is 0 Å². The summed E-state index contributed by atoms with van der Waals surface area (Å²) in [6, 6.07) is 10.7. The Kier molecular flexibility index (Phi) is 3.46. The van der Waals surface area contributed by atoms with Crippen molar-refractivity contribution < 1.29 is 18.3 Å². The van der Waals surface area contributed by atoms with Crippen molar-refractivity contribution in [2.24, 2.45) is 0 Å². The molecule has 0 unspecified atom stereocenters. The summed E-state index contributed by atoms with van der Waals surface area (Å²) >= 11 is 5.84. The first-order chi connectivity index (χ1) is 9.86. The van der Waals surface area contributed by atoms with E-state index < -0.39 is 17.8 Å². The fourth-order valence-corrected chi connectivity index (χ4v) is 2.97. The third-order valence-corrected chi connectivity index (χ3v) is 4.13. The Bertz CT molecular complexity index is 664. The lowest BCUT2D eigenvalue weighted by Gasteiger charge is -2.13. The average molecular weight is 313 g/mol. The van der Waals surface area contributed by atoms with Crippen LogP contribution in [0.3, 0.4) is 0 Å². The fourth-order valence-electron chi connectivity index (χ4n) is 2.84. The zero-order chi connectivity index (χ0) is 15.2. The van der Waals surface area contributed by atoms with E-state index >= 15 is 0 Å². The lowest BCUT2D eigenvalue weighted by atomic mass is 9.92. The molecule has 0 aliphatic heterocycles. The minimum absolute atomic E-state index is 0.102. The van der Waals surface area contributed by atoms with Crippen LogP contribution in [0.5, 0.6) is 0 Å². The second-order valence-corrected chi connectivity index (χ2v) is 5.63. The van der Waals surface area contributed by atoms with E-state index in [4.69, 9.17) is 11.6 Å². The standard InChI is InChI=1S/C16H12ClF3O/c17-11-4-1-9(2-5-11)13-8-15(21)14-7-10(16(18,19)20)3-6-12(13)14/h1-7,13,15,21H,8H2/t13-,15-/m1/s1. The summed E-state index contributed by atoms with van der Waals surface area (Å²) < 4.78 is 38.3. The number of aliphatic hydroxyl groups excluding tert-OH is 1. The maximum atomic E-state index is 12.8. The normalized spacial score (nSPS) is 21.4. The van der Waals surface area contributed by atoms with E-state index in [1.165, 1.54) is 6.07 Å². The maximum absolute atomic E-state index is 12.8. The molecule has 2 aromatic carbocycles. The summed E-state index contributed by atoms with van der Waals surface area (Å²) in [7, 11) is 0. The Hall–Kier alpha value is -1.52. The highest BCUT2D eigenvalue weighted by Gasteiger charge is 2.36. The first-order valence-electron chi connectivity index (χ1n) is 6.51. The summed E-state index contributed by atoms with van der Waals surface area (Å²) in [5.74, 6) is -0.102. The van der Waals surface area contributed by atoms with E-state index in [0.717, 1.165) is 23.3 Å². The third kappa shape index (κ3) is 2.65. The van der Waals surface area contributed by atoms with E-state index in [1.807, 2.05) is 12.1 Å². The van der Waals surface area contributed by atoms with E-state index in [9.17, 15) is 18.3 Å². The number of halogens is 4. The van der Waals surface area contributed by atoms with Crippen LogP contribution in [-0.2, 0) is 6.18 Å². The molecule has 21 heavy (non-hydrogen) atoms. The molecule has 0 heterocycles. The van der Waals surface area contributed by atoms with E-state index in [1.54, 1.807) is 12.1 Å². The minimum Gasteiger partial charge on any atom is -0.388 e. The van der Waals surface area contributed by atoms with Gasteiger partial charge in [0.25, 0.3) is 0 Å². The van der Waals surface area contributed by atoms with E-state index in [-0.39, 0.29) is 5.92 Å². The number of hydrogen-bond donors (Lipinski definition) is 1. The van der Waals surface area contributed by atoms with Gasteiger partial charge in [-0.15, -0.1) is 0 Å². The number of rotatable bonds is 1. The molecule has 2 aromatic rings. The first-order valence-corrected chi connectivity index (χ1v) is 6.88. The van der Waals surface area contributed by atoms with E-state index in [0.29, 0.717) is 17.0 Å². The molecule has 0 fully saturated rings. The molecule has 0 spiro atoms. The predicted octanol–water partition coefficient (Wildman–Crippen LogP) is 4.93. The molecule has 0 bridgehead atoms. The Balaban J connectivity index is 2.02. The van der Waals surface area contributed by atoms with Gasteiger partial charge in [0, 0.05) is 10.9 Å². The predicted molar refractivity (Wildman–Crippen MR) is 74.3 cm³/mol. The summed E-state index contributed by atoms with van der Waals surface area (Å²) in [5, 5.41) is 10.7. The summed E-state index contributed by atoms with van der Waals surface area (Å²) in [6.45, 7) is 0. The molecule has 0 saturated carbocycles. The molecule has 110 valence electrons.